The molecule has 1 atom stereocenters. The second-order valence-corrected chi connectivity index (χ2v) is 8.79. The number of methoxy groups -OCH3 is 1. The van der Waals surface area contributed by atoms with Gasteiger partial charge in [-0.15, -0.1) is 10.2 Å². The van der Waals surface area contributed by atoms with Crippen molar-refractivity contribution < 1.29 is 22.4 Å². The maximum absolute atomic E-state index is 12.8. The number of aromatic nitrogens is 4. The molecular weight excluding hydrogens is 410 g/mol. The van der Waals surface area contributed by atoms with E-state index in [0.29, 0.717) is 22.6 Å². The lowest BCUT2D eigenvalue weighted by Gasteiger charge is -2.19. The summed E-state index contributed by atoms with van der Waals surface area (Å²) in [4.78, 5) is 11.9. The van der Waals surface area contributed by atoms with E-state index >= 15 is 0 Å². The average molecular weight is 429 g/mol. The largest absolute Gasteiger partial charge is 0.468 e. The Morgan fingerprint density at radius 1 is 1.13 bits per heavy atom. The van der Waals surface area contributed by atoms with Gasteiger partial charge in [-0.05, 0) is 35.4 Å². The number of carbonyl (C=O) groups excluding carboxylic acids is 1. The van der Waals surface area contributed by atoms with Gasteiger partial charge in [-0.3, -0.25) is 4.79 Å². The van der Waals surface area contributed by atoms with Gasteiger partial charge in [0.05, 0.1) is 12.0 Å². The third-order valence-corrected chi connectivity index (χ3v) is 6.20. The number of rotatable bonds is 6. The Bertz CT molecular complexity index is 1330. The zero-order valence-corrected chi connectivity index (χ0v) is 17.2. The first-order valence-electron chi connectivity index (χ1n) is 9.10. The van der Waals surface area contributed by atoms with Crippen molar-refractivity contribution in [3.05, 3.63) is 36.4 Å². The number of nitrogens with one attached hydrogen (secondary N) is 2. The second-order valence-electron chi connectivity index (χ2n) is 7.07. The van der Waals surface area contributed by atoms with Crippen LogP contribution in [0.15, 0.2) is 45.7 Å². The monoisotopic (exact) mass is 429 g/mol. The molecule has 30 heavy (non-hydrogen) atoms. The van der Waals surface area contributed by atoms with Gasteiger partial charge in [-0.25, -0.2) is 8.42 Å². The number of fused-ring (bicyclic) bond motifs is 3. The Morgan fingerprint density at radius 2 is 1.83 bits per heavy atom. The van der Waals surface area contributed by atoms with E-state index in [2.05, 4.69) is 25.3 Å². The van der Waals surface area contributed by atoms with E-state index < -0.39 is 22.0 Å². The second kappa shape index (κ2) is 7.50. The molecule has 0 aliphatic carbocycles. The van der Waals surface area contributed by atoms with Crippen molar-refractivity contribution in [2.75, 3.05) is 7.11 Å². The minimum Gasteiger partial charge on any atom is -0.468 e. The summed E-state index contributed by atoms with van der Waals surface area (Å²) in [5, 5.41) is 15.4. The topological polar surface area (TPSA) is 140 Å². The molecule has 0 radical (unpaired) electrons. The van der Waals surface area contributed by atoms with Gasteiger partial charge in [-0.1, -0.05) is 19.9 Å². The molecule has 10 nitrogen and oxygen atoms in total. The molecule has 1 unspecified atom stereocenters. The summed E-state index contributed by atoms with van der Waals surface area (Å²) < 4.78 is 38.7. The van der Waals surface area contributed by atoms with E-state index in [4.69, 9.17) is 9.15 Å². The zero-order valence-electron chi connectivity index (χ0n) is 16.4. The summed E-state index contributed by atoms with van der Waals surface area (Å²) in [6.07, 6.45) is 0. The molecule has 2 heterocycles. The summed E-state index contributed by atoms with van der Waals surface area (Å²) in [6, 6.07) is 9.03. The maximum Gasteiger partial charge on any atom is 0.324 e. The molecular formula is C19H19N5O5S. The van der Waals surface area contributed by atoms with Gasteiger partial charge in [0.2, 0.25) is 15.8 Å². The summed E-state index contributed by atoms with van der Waals surface area (Å²) in [6.45, 7) is 3.46. The van der Waals surface area contributed by atoms with Crippen LogP contribution in [0, 0.1) is 5.92 Å². The van der Waals surface area contributed by atoms with Crippen molar-refractivity contribution in [3.8, 4) is 11.4 Å². The highest BCUT2D eigenvalue weighted by Crippen LogP contribution is 2.32. The van der Waals surface area contributed by atoms with Gasteiger partial charge in [0.15, 0.2) is 0 Å². The number of esters is 1. The molecule has 2 N–H and O–H groups in total. The van der Waals surface area contributed by atoms with Crippen LogP contribution in [0.25, 0.3) is 33.3 Å². The van der Waals surface area contributed by atoms with Gasteiger partial charge in [0.25, 0.3) is 0 Å². The number of carbonyl (C=O) groups is 1. The van der Waals surface area contributed by atoms with Crippen molar-refractivity contribution in [1.29, 1.82) is 0 Å². The number of H-pyrrole nitrogens is 1. The van der Waals surface area contributed by atoms with E-state index in [1.54, 1.807) is 26.0 Å². The van der Waals surface area contributed by atoms with E-state index in [0.717, 1.165) is 10.8 Å². The van der Waals surface area contributed by atoms with Crippen LogP contribution in [0.5, 0.6) is 0 Å². The standard InChI is InChI=1S/C19H19N5O5S/c1-10(2)17(19(25)28-3)22-30(26,27)12-5-7-14-13-6-4-11(18-20-23-24-21-18)8-15(13)29-16(14)9-12/h4-10,17,22H,1-3H3,(H,20,21,23,24). The lowest BCUT2D eigenvalue weighted by atomic mass is 10.1. The maximum atomic E-state index is 12.8. The fourth-order valence-corrected chi connectivity index (χ4v) is 4.51. The summed E-state index contributed by atoms with van der Waals surface area (Å²) in [5.41, 5.74) is 1.67. The molecule has 0 fully saturated rings. The number of aromatic amines is 1. The van der Waals surface area contributed by atoms with Crippen molar-refractivity contribution in [2.24, 2.45) is 5.92 Å². The number of benzene rings is 2. The van der Waals surface area contributed by atoms with Gasteiger partial charge in [0, 0.05) is 22.4 Å². The zero-order chi connectivity index (χ0) is 21.5. The van der Waals surface area contributed by atoms with Gasteiger partial charge < -0.3 is 9.15 Å². The normalized spacial score (nSPS) is 13.2. The predicted molar refractivity (Wildman–Crippen MR) is 108 cm³/mol. The highest BCUT2D eigenvalue weighted by molar-refractivity contribution is 7.89. The number of hydrogen-bond acceptors (Lipinski definition) is 8. The highest BCUT2D eigenvalue weighted by Gasteiger charge is 2.29. The van der Waals surface area contributed by atoms with Crippen LogP contribution in [0.3, 0.4) is 0 Å². The molecule has 156 valence electrons. The summed E-state index contributed by atoms with van der Waals surface area (Å²) >= 11 is 0. The minimum atomic E-state index is -3.98. The van der Waals surface area contributed by atoms with Crippen LogP contribution >= 0.6 is 0 Å². The molecule has 4 aromatic rings. The molecule has 0 aliphatic rings. The molecule has 0 spiro atoms. The number of hydrogen-bond donors (Lipinski definition) is 2. The number of ether oxygens (including phenoxy) is 1. The van der Waals surface area contributed by atoms with Crippen LogP contribution < -0.4 is 4.72 Å². The number of nitrogens with zero attached hydrogens (tertiary/aromatic N) is 3. The summed E-state index contributed by atoms with van der Waals surface area (Å²) in [7, 11) is -2.76. The van der Waals surface area contributed by atoms with Crippen molar-refractivity contribution >= 4 is 37.9 Å². The van der Waals surface area contributed by atoms with Crippen molar-refractivity contribution in [2.45, 2.75) is 24.8 Å². The molecule has 0 amide bonds. The minimum absolute atomic E-state index is 0.0120. The lowest BCUT2D eigenvalue weighted by molar-refractivity contribution is -0.143. The first kappa shape index (κ1) is 20.0. The molecule has 0 bridgehead atoms. The quantitative estimate of drug-likeness (QED) is 0.445. The highest BCUT2D eigenvalue weighted by atomic mass is 32.2. The third-order valence-electron chi connectivity index (χ3n) is 4.76. The molecule has 0 aliphatic heterocycles. The fourth-order valence-electron chi connectivity index (χ4n) is 3.17. The molecule has 4 rings (SSSR count). The molecule has 2 aromatic carbocycles. The van der Waals surface area contributed by atoms with Crippen LogP contribution in [-0.4, -0.2) is 48.2 Å². The molecule has 2 aromatic heterocycles. The Kier molecular flexibility index (Phi) is 5.00. The summed E-state index contributed by atoms with van der Waals surface area (Å²) in [5.74, 6) is -0.509. The SMILES string of the molecule is COC(=O)C(NS(=O)(=O)c1ccc2c(c1)oc1cc(-c3nn[nH]n3)ccc12)C(C)C. The smallest absolute Gasteiger partial charge is 0.324 e. The van der Waals surface area contributed by atoms with E-state index in [1.165, 1.54) is 19.2 Å². The van der Waals surface area contributed by atoms with Crippen LogP contribution in [0.2, 0.25) is 0 Å². The molecule has 0 saturated carbocycles. The van der Waals surface area contributed by atoms with Gasteiger partial charge in [0.1, 0.15) is 17.2 Å². The van der Waals surface area contributed by atoms with E-state index in [9.17, 15) is 13.2 Å². The number of tetrazole rings is 1. The first-order valence-corrected chi connectivity index (χ1v) is 10.6. The first-order chi connectivity index (χ1) is 14.3. The predicted octanol–water partition coefficient (Wildman–Crippen LogP) is 2.24. The van der Waals surface area contributed by atoms with Crippen LogP contribution in [-0.2, 0) is 19.6 Å². The fraction of sp³-hybridized carbons (Fsp3) is 0.263. The Balaban J connectivity index is 1.73. The van der Waals surface area contributed by atoms with Crippen LogP contribution in [0.1, 0.15) is 13.8 Å². The number of sulfonamides is 1. The van der Waals surface area contributed by atoms with Crippen LogP contribution in [0.4, 0.5) is 0 Å². The Labute approximate surface area is 171 Å². The third kappa shape index (κ3) is 3.53. The number of furan rings is 1. The Morgan fingerprint density at radius 3 is 2.47 bits per heavy atom. The van der Waals surface area contributed by atoms with Crippen molar-refractivity contribution in [1.82, 2.24) is 25.3 Å². The molecule has 0 saturated heterocycles. The average Bonchev–Trinajstić information content (AvgIpc) is 3.38. The Hall–Kier alpha value is -3.31. The van der Waals surface area contributed by atoms with Crippen molar-refractivity contribution in [3.63, 3.8) is 0 Å². The van der Waals surface area contributed by atoms with Gasteiger partial charge in [-0.2, -0.15) is 9.94 Å². The van der Waals surface area contributed by atoms with E-state index in [1.807, 2.05) is 12.1 Å². The van der Waals surface area contributed by atoms with E-state index in [-0.39, 0.29) is 10.8 Å². The lowest BCUT2D eigenvalue weighted by Crippen LogP contribution is -2.44. The van der Waals surface area contributed by atoms with Gasteiger partial charge >= 0.3 is 5.97 Å². The molecule has 11 heteroatoms.